The molecule has 0 spiro atoms. The van der Waals surface area contributed by atoms with E-state index >= 15 is 0 Å². The molecule has 0 bridgehead atoms. The van der Waals surface area contributed by atoms with E-state index in [4.69, 9.17) is 21.1 Å². The van der Waals surface area contributed by atoms with Crippen molar-refractivity contribution in [3.8, 4) is 5.75 Å². The van der Waals surface area contributed by atoms with Gasteiger partial charge in [0.25, 0.3) is 5.56 Å². The Hall–Kier alpha value is -2.79. The number of hydrogen-bond acceptors (Lipinski definition) is 4. The lowest BCUT2D eigenvalue weighted by atomic mass is 10.1. The molecule has 25 heavy (non-hydrogen) atoms. The van der Waals surface area contributed by atoms with E-state index in [0.717, 1.165) is 11.3 Å². The van der Waals surface area contributed by atoms with Gasteiger partial charge in [-0.05, 0) is 42.0 Å². The molecule has 1 aromatic heterocycles. The summed E-state index contributed by atoms with van der Waals surface area (Å²) in [4.78, 5) is 24.2. The van der Waals surface area contributed by atoms with Gasteiger partial charge >= 0.3 is 5.97 Å². The Morgan fingerprint density at radius 1 is 1.08 bits per heavy atom. The molecule has 2 aromatic carbocycles. The minimum absolute atomic E-state index is 0.100. The van der Waals surface area contributed by atoms with Gasteiger partial charge in [-0.25, -0.2) is 4.79 Å². The maximum atomic E-state index is 12.5. The van der Waals surface area contributed by atoms with Crippen LogP contribution in [0.4, 0.5) is 0 Å². The predicted molar refractivity (Wildman–Crippen MR) is 96.7 cm³/mol. The zero-order chi connectivity index (χ0) is 18.0. The number of pyridine rings is 1. The van der Waals surface area contributed by atoms with Gasteiger partial charge in [0.15, 0.2) is 0 Å². The van der Waals surface area contributed by atoms with E-state index in [1.807, 2.05) is 24.3 Å². The van der Waals surface area contributed by atoms with Gasteiger partial charge in [0.05, 0.1) is 31.8 Å². The van der Waals surface area contributed by atoms with Gasteiger partial charge in [0, 0.05) is 5.39 Å². The van der Waals surface area contributed by atoms with E-state index in [2.05, 4.69) is 0 Å². The summed E-state index contributed by atoms with van der Waals surface area (Å²) in [5, 5.41) is 0.795. The smallest absolute Gasteiger partial charge is 0.337 e. The molecule has 0 saturated heterocycles. The largest absolute Gasteiger partial charge is 0.497 e. The molecular weight excluding hydrogens is 342 g/mol. The predicted octanol–water partition coefficient (Wildman–Crippen LogP) is 3.50. The van der Waals surface area contributed by atoms with E-state index in [1.54, 1.807) is 35.9 Å². The van der Waals surface area contributed by atoms with Crippen LogP contribution >= 0.6 is 11.6 Å². The maximum Gasteiger partial charge on any atom is 0.337 e. The lowest BCUT2D eigenvalue weighted by Crippen LogP contribution is -2.21. The number of nitrogens with zero attached hydrogens (tertiary/aromatic N) is 1. The van der Waals surface area contributed by atoms with Crippen LogP contribution in [-0.2, 0) is 11.3 Å². The minimum Gasteiger partial charge on any atom is -0.497 e. The second-order valence-corrected chi connectivity index (χ2v) is 5.90. The van der Waals surface area contributed by atoms with Crippen molar-refractivity contribution in [2.75, 3.05) is 14.2 Å². The number of aromatic nitrogens is 1. The topological polar surface area (TPSA) is 57.5 Å². The summed E-state index contributed by atoms with van der Waals surface area (Å²) in [7, 11) is 2.92. The van der Waals surface area contributed by atoms with Crippen LogP contribution in [0.2, 0.25) is 5.02 Å². The Morgan fingerprint density at radius 2 is 1.80 bits per heavy atom. The molecule has 128 valence electrons. The van der Waals surface area contributed by atoms with Crippen molar-refractivity contribution in [2.45, 2.75) is 6.54 Å². The first-order valence-corrected chi connectivity index (χ1v) is 7.95. The zero-order valence-corrected chi connectivity index (χ0v) is 14.5. The average Bonchev–Trinajstić information content (AvgIpc) is 2.64. The lowest BCUT2D eigenvalue weighted by molar-refractivity contribution is 0.0601. The van der Waals surface area contributed by atoms with Gasteiger partial charge in [0.2, 0.25) is 0 Å². The van der Waals surface area contributed by atoms with Gasteiger partial charge in [-0.2, -0.15) is 0 Å². The molecule has 0 saturated carbocycles. The van der Waals surface area contributed by atoms with Crippen molar-refractivity contribution in [1.29, 1.82) is 0 Å². The molecule has 0 amide bonds. The number of hydrogen-bond donors (Lipinski definition) is 0. The first kappa shape index (κ1) is 17.0. The summed E-state index contributed by atoms with van der Waals surface area (Å²) in [5.41, 5.74) is 1.75. The van der Waals surface area contributed by atoms with Crippen molar-refractivity contribution < 1.29 is 14.3 Å². The van der Waals surface area contributed by atoms with E-state index in [0.29, 0.717) is 23.0 Å². The zero-order valence-electron chi connectivity index (χ0n) is 13.8. The third-order valence-corrected chi connectivity index (χ3v) is 4.24. The number of methoxy groups -OCH3 is 2. The Labute approximate surface area is 149 Å². The number of rotatable bonds is 4. The second-order valence-electron chi connectivity index (χ2n) is 5.50. The Kier molecular flexibility index (Phi) is 4.76. The molecule has 0 N–H and O–H groups in total. The van der Waals surface area contributed by atoms with Crippen molar-refractivity contribution in [1.82, 2.24) is 4.57 Å². The highest BCUT2D eigenvalue weighted by atomic mass is 35.5. The monoisotopic (exact) mass is 357 g/mol. The first-order chi connectivity index (χ1) is 12.0. The van der Waals surface area contributed by atoms with Crippen molar-refractivity contribution in [3.63, 3.8) is 0 Å². The number of ether oxygens (including phenoxy) is 2. The molecule has 3 rings (SSSR count). The van der Waals surface area contributed by atoms with Crippen molar-refractivity contribution in [3.05, 3.63) is 75.0 Å². The summed E-state index contributed by atoms with van der Waals surface area (Å²) < 4.78 is 11.5. The summed E-state index contributed by atoms with van der Waals surface area (Å²) in [6, 6.07) is 14.0. The Bertz CT molecular complexity index is 993. The summed E-state index contributed by atoms with van der Waals surface area (Å²) >= 11 is 6.10. The molecule has 0 fully saturated rings. The number of fused-ring (bicyclic) bond motifs is 1. The third-order valence-electron chi connectivity index (χ3n) is 3.97. The molecule has 1 heterocycles. The van der Waals surface area contributed by atoms with Crippen LogP contribution in [0.5, 0.6) is 5.75 Å². The van der Waals surface area contributed by atoms with Gasteiger partial charge < -0.3 is 14.0 Å². The number of esters is 1. The van der Waals surface area contributed by atoms with Gasteiger partial charge in [-0.3, -0.25) is 4.79 Å². The number of carbonyl (C=O) groups is 1. The average molecular weight is 358 g/mol. The van der Waals surface area contributed by atoms with Gasteiger partial charge in [0.1, 0.15) is 10.8 Å². The molecular formula is C19H16ClNO4. The SMILES string of the molecule is COC(=O)c1ccc2c(c1)cc(Cl)c(=O)n2Cc1ccc(OC)cc1. The van der Waals surface area contributed by atoms with Crippen LogP contribution in [0.15, 0.2) is 53.3 Å². The first-order valence-electron chi connectivity index (χ1n) is 7.58. The molecule has 0 aliphatic carbocycles. The second kappa shape index (κ2) is 6.99. The highest BCUT2D eigenvalue weighted by Crippen LogP contribution is 2.20. The Balaban J connectivity index is 2.10. The van der Waals surface area contributed by atoms with Crippen LogP contribution < -0.4 is 10.3 Å². The van der Waals surface area contributed by atoms with E-state index in [9.17, 15) is 9.59 Å². The number of halogens is 1. The molecule has 0 aliphatic heterocycles. The van der Waals surface area contributed by atoms with Crippen LogP contribution in [0, 0.1) is 0 Å². The van der Waals surface area contributed by atoms with E-state index < -0.39 is 5.97 Å². The third kappa shape index (κ3) is 3.37. The molecule has 0 aliphatic rings. The molecule has 0 radical (unpaired) electrons. The van der Waals surface area contributed by atoms with Crippen molar-refractivity contribution in [2.24, 2.45) is 0 Å². The van der Waals surface area contributed by atoms with Crippen LogP contribution in [0.3, 0.4) is 0 Å². The molecule has 0 atom stereocenters. The quantitative estimate of drug-likeness (QED) is 0.670. The minimum atomic E-state index is -0.439. The highest BCUT2D eigenvalue weighted by molar-refractivity contribution is 6.31. The molecule has 5 nitrogen and oxygen atoms in total. The summed E-state index contributed by atoms with van der Waals surface area (Å²) in [6.45, 7) is 0.359. The fourth-order valence-electron chi connectivity index (χ4n) is 2.67. The fraction of sp³-hybridized carbons (Fsp3) is 0.158. The summed E-state index contributed by atoms with van der Waals surface area (Å²) in [6.07, 6.45) is 0. The van der Waals surface area contributed by atoms with E-state index in [1.165, 1.54) is 7.11 Å². The molecule has 0 unspecified atom stereocenters. The maximum absolute atomic E-state index is 12.5. The number of benzene rings is 2. The van der Waals surface area contributed by atoms with Gasteiger partial charge in [-0.15, -0.1) is 0 Å². The lowest BCUT2D eigenvalue weighted by Gasteiger charge is -2.12. The fourth-order valence-corrected chi connectivity index (χ4v) is 2.89. The van der Waals surface area contributed by atoms with Crippen LogP contribution in [0.1, 0.15) is 15.9 Å². The highest BCUT2D eigenvalue weighted by Gasteiger charge is 2.12. The number of carbonyl (C=O) groups excluding carboxylic acids is 1. The summed E-state index contributed by atoms with van der Waals surface area (Å²) in [5.74, 6) is 0.306. The van der Waals surface area contributed by atoms with Crippen LogP contribution in [0.25, 0.3) is 10.9 Å². The molecule has 3 aromatic rings. The van der Waals surface area contributed by atoms with Crippen molar-refractivity contribution >= 4 is 28.5 Å². The standard InChI is InChI=1S/C19H16ClNO4/c1-24-15-6-3-12(4-7-15)11-21-17-8-5-13(19(23)25-2)9-14(17)10-16(20)18(21)22/h3-10H,11H2,1-2H3. The van der Waals surface area contributed by atoms with E-state index in [-0.39, 0.29) is 10.6 Å². The Morgan fingerprint density at radius 3 is 2.44 bits per heavy atom. The normalized spacial score (nSPS) is 10.7. The van der Waals surface area contributed by atoms with Crippen LogP contribution in [-0.4, -0.2) is 24.8 Å². The molecule has 6 heteroatoms. The van der Waals surface area contributed by atoms with Gasteiger partial charge in [-0.1, -0.05) is 23.7 Å².